The molecule has 4 heterocycles. The van der Waals surface area contributed by atoms with Crippen LogP contribution in [0.2, 0.25) is 0 Å². The van der Waals surface area contributed by atoms with Crippen LogP contribution in [0.1, 0.15) is 51.0 Å². The Morgan fingerprint density at radius 2 is 2.11 bits per heavy atom. The third-order valence-corrected chi connectivity index (χ3v) is 6.58. The van der Waals surface area contributed by atoms with Gasteiger partial charge in [0.2, 0.25) is 22.4 Å². The minimum absolute atomic E-state index is 0.106. The van der Waals surface area contributed by atoms with Crippen molar-refractivity contribution in [2.45, 2.75) is 32.1 Å². The number of carbonyl (C=O) groups excluding carboxylic acids is 1. The number of aromatic nitrogens is 6. The van der Waals surface area contributed by atoms with Crippen LogP contribution in [0.15, 0.2) is 35.3 Å². The number of carbonyl (C=O) groups is 1. The third-order valence-electron chi connectivity index (χ3n) is 5.74. The summed E-state index contributed by atoms with van der Waals surface area (Å²) in [4.78, 5) is 22.8. The number of anilines is 3. The topological polar surface area (TPSA) is 159 Å². The lowest BCUT2D eigenvalue weighted by molar-refractivity contribution is -0.137. The molecule has 0 saturated carbocycles. The zero-order chi connectivity index (χ0) is 26.9. The Kier molecular flexibility index (Phi) is 6.59. The average molecular weight is 543 g/mol. The Bertz CT molecular complexity index is 1520. The summed E-state index contributed by atoms with van der Waals surface area (Å²) in [7, 11) is 0. The maximum absolute atomic E-state index is 13.4. The molecule has 2 N–H and O–H groups in total. The van der Waals surface area contributed by atoms with Gasteiger partial charge < -0.3 is 20.0 Å². The van der Waals surface area contributed by atoms with Crippen LogP contribution in [-0.2, 0) is 19.1 Å². The van der Waals surface area contributed by atoms with Gasteiger partial charge in [-0.05, 0) is 31.5 Å². The van der Waals surface area contributed by atoms with Crippen molar-refractivity contribution < 1.29 is 22.4 Å². The molecule has 0 fully saturated rings. The van der Waals surface area contributed by atoms with Gasteiger partial charge in [-0.1, -0.05) is 11.3 Å². The van der Waals surface area contributed by atoms with Gasteiger partial charge in [0.25, 0.3) is 5.91 Å². The second-order valence-electron chi connectivity index (χ2n) is 8.17. The van der Waals surface area contributed by atoms with Gasteiger partial charge in [-0.15, -0.1) is 20.4 Å². The monoisotopic (exact) mass is 542 g/mol. The number of amides is 1. The molecule has 12 nitrogen and oxygen atoms in total. The van der Waals surface area contributed by atoms with Gasteiger partial charge in [0.05, 0.1) is 29.4 Å². The highest BCUT2D eigenvalue weighted by Crippen LogP contribution is 2.36. The first kappa shape index (κ1) is 25.0. The van der Waals surface area contributed by atoms with E-state index < -0.39 is 29.3 Å². The van der Waals surface area contributed by atoms with Crippen molar-refractivity contribution in [3.05, 3.63) is 64.2 Å². The molecule has 1 amide bonds. The molecule has 1 aliphatic rings. The van der Waals surface area contributed by atoms with Crippen molar-refractivity contribution in [3.63, 3.8) is 0 Å². The second kappa shape index (κ2) is 10.0. The molecular formula is C22H17F3N10O2S. The average Bonchev–Trinajstić information content (AvgIpc) is 3.61. The quantitative estimate of drug-likeness (QED) is 0.368. The van der Waals surface area contributed by atoms with Crippen molar-refractivity contribution in [1.29, 1.82) is 5.26 Å². The molecule has 4 aromatic rings. The Labute approximate surface area is 216 Å². The van der Waals surface area contributed by atoms with Crippen LogP contribution in [-0.4, -0.2) is 42.8 Å². The van der Waals surface area contributed by atoms with Crippen LogP contribution in [0.25, 0.3) is 0 Å². The number of rotatable bonds is 6. The molecule has 1 aromatic carbocycles. The van der Waals surface area contributed by atoms with Crippen LogP contribution < -0.4 is 15.5 Å². The van der Waals surface area contributed by atoms with E-state index in [-0.39, 0.29) is 17.4 Å². The molecule has 16 heteroatoms. The summed E-state index contributed by atoms with van der Waals surface area (Å²) >= 11 is 1.01. The number of nitrogens with zero attached hydrogens (tertiary/aromatic N) is 8. The number of hydrogen-bond donors (Lipinski definition) is 2. The minimum atomic E-state index is -4.64. The fourth-order valence-corrected chi connectivity index (χ4v) is 4.55. The first-order valence-electron chi connectivity index (χ1n) is 11.1. The standard InChI is InChI=1S/C22H17F3N10O2S/c1-11(19-32-29-10-37-19)30-18(36)20-33-34-21(38-20)31-17-14-4-5-35(8-16(14)27-9-28-17)13-3-2-12(7-26)15(6-13)22(23,24)25/h2-3,6,9-11H,4-5,8H2,1H3,(H,30,36)(H,27,28,31,34)/t11-/m1/s1. The fourth-order valence-electron chi connectivity index (χ4n) is 3.90. The first-order chi connectivity index (χ1) is 18.2. The molecule has 3 aromatic heterocycles. The molecule has 5 rings (SSSR count). The molecular weight excluding hydrogens is 525 g/mol. The number of alkyl halides is 3. The zero-order valence-corrected chi connectivity index (χ0v) is 20.3. The van der Waals surface area contributed by atoms with E-state index in [0.717, 1.165) is 29.4 Å². The van der Waals surface area contributed by atoms with E-state index in [1.54, 1.807) is 17.9 Å². The molecule has 0 unspecified atom stereocenters. The van der Waals surface area contributed by atoms with Crippen LogP contribution in [0.5, 0.6) is 0 Å². The lowest BCUT2D eigenvalue weighted by Gasteiger charge is -2.31. The molecule has 0 spiro atoms. The number of hydrogen-bond acceptors (Lipinski definition) is 12. The van der Waals surface area contributed by atoms with Crippen molar-refractivity contribution in [3.8, 4) is 6.07 Å². The maximum Gasteiger partial charge on any atom is 0.417 e. The summed E-state index contributed by atoms with van der Waals surface area (Å²) in [5.41, 5.74) is 0.337. The third kappa shape index (κ3) is 5.09. The highest BCUT2D eigenvalue weighted by molar-refractivity contribution is 7.17. The van der Waals surface area contributed by atoms with Gasteiger partial charge in [-0.3, -0.25) is 4.79 Å². The molecule has 194 valence electrons. The van der Waals surface area contributed by atoms with Gasteiger partial charge in [-0.25, -0.2) is 9.97 Å². The van der Waals surface area contributed by atoms with Crippen LogP contribution >= 0.6 is 11.3 Å². The van der Waals surface area contributed by atoms with E-state index in [1.165, 1.54) is 18.5 Å². The Balaban J connectivity index is 1.30. The van der Waals surface area contributed by atoms with Gasteiger partial charge in [0.15, 0.2) is 0 Å². The predicted octanol–water partition coefficient (Wildman–Crippen LogP) is 3.40. The molecule has 0 saturated heterocycles. The Morgan fingerprint density at radius 3 is 2.84 bits per heavy atom. The van der Waals surface area contributed by atoms with E-state index in [0.29, 0.717) is 35.3 Å². The van der Waals surface area contributed by atoms with E-state index in [1.807, 2.05) is 0 Å². The minimum Gasteiger partial charge on any atom is -0.426 e. The molecule has 1 atom stereocenters. The van der Waals surface area contributed by atoms with Crippen LogP contribution in [0.4, 0.5) is 29.8 Å². The number of benzene rings is 1. The Morgan fingerprint density at radius 1 is 1.26 bits per heavy atom. The molecule has 0 aliphatic carbocycles. The highest BCUT2D eigenvalue weighted by atomic mass is 32.1. The predicted molar refractivity (Wildman–Crippen MR) is 126 cm³/mol. The summed E-state index contributed by atoms with van der Waals surface area (Å²) in [5, 5.41) is 30.5. The second-order valence-corrected chi connectivity index (χ2v) is 9.15. The fraction of sp³-hybridized carbons (Fsp3) is 0.273. The normalized spacial score (nSPS) is 13.9. The largest absolute Gasteiger partial charge is 0.426 e. The van der Waals surface area contributed by atoms with E-state index in [9.17, 15) is 18.0 Å². The number of halogens is 3. The molecule has 0 bridgehead atoms. The van der Waals surface area contributed by atoms with Crippen molar-refractivity contribution in [2.24, 2.45) is 0 Å². The lowest BCUT2D eigenvalue weighted by Crippen LogP contribution is -2.32. The van der Waals surface area contributed by atoms with Crippen molar-refractivity contribution in [2.75, 3.05) is 16.8 Å². The van der Waals surface area contributed by atoms with E-state index in [2.05, 4.69) is 41.0 Å². The molecule has 1 aliphatic heterocycles. The Hall–Kier alpha value is -4.65. The lowest BCUT2D eigenvalue weighted by atomic mass is 10.0. The maximum atomic E-state index is 13.4. The number of nitrogens with one attached hydrogen (secondary N) is 2. The summed E-state index contributed by atoms with van der Waals surface area (Å²) in [6, 6.07) is 4.72. The summed E-state index contributed by atoms with van der Waals surface area (Å²) in [6.45, 7) is 2.33. The smallest absolute Gasteiger partial charge is 0.417 e. The van der Waals surface area contributed by atoms with Crippen molar-refractivity contribution >= 4 is 33.9 Å². The van der Waals surface area contributed by atoms with Crippen molar-refractivity contribution in [1.82, 2.24) is 35.7 Å². The van der Waals surface area contributed by atoms with E-state index >= 15 is 0 Å². The molecule has 38 heavy (non-hydrogen) atoms. The summed E-state index contributed by atoms with van der Waals surface area (Å²) < 4.78 is 45.3. The van der Waals surface area contributed by atoms with E-state index in [4.69, 9.17) is 9.68 Å². The summed E-state index contributed by atoms with van der Waals surface area (Å²) in [6.07, 6.45) is -1.70. The van der Waals surface area contributed by atoms with Crippen LogP contribution in [0, 0.1) is 11.3 Å². The SMILES string of the molecule is C[C@@H](NC(=O)c1nnc(Nc2ncnc3c2CCN(c2ccc(C#N)c(C(F)(F)F)c2)C3)s1)c1nnco1. The molecule has 0 radical (unpaired) electrons. The number of nitriles is 1. The van der Waals surface area contributed by atoms with Crippen LogP contribution in [0.3, 0.4) is 0 Å². The number of fused-ring (bicyclic) bond motifs is 1. The summed E-state index contributed by atoms with van der Waals surface area (Å²) in [5.74, 6) is 0.244. The van der Waals surface area contributed by atoms with Gasteiger partial charge in [0.1, 0.15) is 18.2 Å². The van der Waals surface area contributed by atoms with Gasteiger partial charge in [0, 0.05) is 17.8 Å². The van der Waals surface area contributed by atoms with Gasteiger partial charge >= 0.3 is 6.18 Å². The highest BCUT2D eigenvalue weighted by Gasteiger charge is 2.34. The van der Waals surface area contributed by atoms with Gasteiger partial charge in [-0.2, -0.15) is 18.4 Å². The first-order valence-corrected chi connectivity index (χ1v) is 11.9. The zero-order valence-electron chi connectivity index (χ0n) is 19.5.